The van der Waals surface area contributed by atoms with E-state index < -0.39 is 6.67 Å². The van der Waals surface area contributed by atoms with Gasteiger partial charge in [-0.05, 0) is 59.6 Å². The highest BCUT2D eigenvalue weighted by molar-refractivity contribution is 5.96. The third kappa shape index (κ3) is 5.20. The van der Waals surface area contributed by atoms with Gasteiger partial charge in [-0.15, -0.1) is 0 Å². The first-order valence-corrected chi connectivity index (χ1v) is 12.9. The highest BCUT2D eigenvalue weighted by Gasteiger charge is 2.31. The molecule has 5 rings (SSSR count). The van der Waals surface area contributed by atoms with Gasteiger partial charge in [0, 0.05) is 37.4 Å². The van der Waals surface area contributed by atoms with E-state index in [4.69, 9.17) is 4.74 Å². The lowest BCUT2D eigenvalue weighted by molar-refractivity contribution is -0.118. The van der Waals surface area contributed by atoms with Crippen LogP contribution >= 0.6 is 0 Å². The minimum atomic E-state index is -0.594. The maximum atomic E-state index is 13.5. The molecular formula is C31H32FNO3. The normalized spacial score (nSPS) is 16.2. The Morgan fingerprint density at radius 3 is 2.19 bits per heavy atom. The van der Waals surface area contributed by atoms with Crippen molar-refractivity contribution in [3.05, 3.63) is 101 Å². The average molecular weight is 486 g/mol. The van der Waals surface area contributed by atoms with Gasteiger partial charge in [-0.25, -0.2) is 4.39 Å². The highest BCUT2D eigenvalue weighted by Crippen LogP contribution is 2.38. The zero-order valence-corrected chi connectivity index (χ0v) is 20.5. The topological polar surface area (TPSA) is 46.6 Å². The van der Waals surface area contributed by atoms with Gasteiger partial charge in [-0.2, -0.15) is 0 Å². The molecule has 1 amide bonds. The molecule has 2 aliphatic rings. The van der Waals surface area contributed by atoms with Gasteiger partial charge in [-0.1, -0.05) is 60.7 Å². The zero-order valence-electron chi connectivity index (χ0n) is 20.5. The van der Waals surface area contributed by atoms with Gasteiger partial charge in [0.05, 0.1) is 0 Å². The van der Waals surface area contributed by atoms with Crippen molar-refractivity contribution >= 4 is 11.7 Å². The number of amides is 1. The molecule has 1 saturated heterocycles. The molecule has 1 fully saturated rings. The number of piperidine rings is 1. The van der Waals surface area contributed by atoms with Crippen LogP contribution in [0.1, 0.15) is 57.8 Å². The fraction of sp³-hybridized carbons (Fsp3) is 0.355. The molecule has 0 aromatic heterocycles. The van der Waals surface area contributed by atoms with Crippen molar-refractivity contribution in [1.82, 2.24) is 4.90 Å². The van der Waals surface area contributed by atoms with Crippen molar-refractivity contribution in [2.24, 2.45) is 5.92 Å². The Labute approximate surface area is 212 Å². The van der Waals surface area contributed by atoms with E-state index in [1.54, 1.807) is 6.07 Å². The number of benzene rings is 3. The summed E-state index contributed by atoms with van der Waals surface area (Å²) in [5.74, 6) is 1.39. The Morgan fingerprint density at radius 1 is 0.944 bits per heavy atom. The van der Waals surface area contributed by atoms with Crippen LogP contribution < -0.4 is 4.74 Å². The summed E-state index contributed by atoms with van der Waals surface area (Å²) in [6.07, 6.45) is 3.17. The van der Waals surface area contributed by atoms with Crippen LogP contribution in [0.25, 0.3) is 0 Å². The number of halogens is 1. The van der Waals surface area contributed by atoms with E-state index in [0.29, 0.717) is 55.5 Å². The third-order valence-corrected chi connectivity index (χ3v) is 7.54. The molecule has 0 N–H and O–H groups in total. The minimum absolute atomic E-state index is 0.0460. The summed E-state index contributed by atoms with van der Waals surface area (Å²) in [5, 5.41) is 0. The number of likely N-dealkylation sites (tertiary alicyclic amines) is 1. The Kier molecular flexibility index (Phi) is 7.45. The second kappa shape index (κ2) is 11.1. The number of rotatable bonds is 7. The van der Waals surface area contributed by atoms with Gasteiger partial charge in [0.15, 0.2) is 0 Å². The summed E-state index contributed by atoms with van der Waals surface area (Å²) in [6, 6.07) is 24.8. The van der Waals surface area contributed by atoms with E-state index >= 15 is 0 Å². The second-order valence-corrected chi connectivity index (χ2v) is 9.79. The Hall–Kier alpha value is -3.47. The fourth-order valence-electron chi connectivity index (χ4n) is 5.79. The first-order chi connectivity index (χ1) is 17.6. The van der Waals surface area contributed by atoms with E-state index in [1.807, 2.05) is 23.1 Å². The van der Waals surface area contributed by atoms with E-state index in [0.717, 1.165) is 24.0 Å². The Balaban J connectivity index is 1.34. The summed E-state index contributed by atoms with van der Waals surface area (Å²) in [7, 11) is 0. The van der Waals surface area contributed by atoms with Crippen LogP contribution in [0.4, 0.5) is 4.39 Å². The van der Waals surface area contributed by atoms with Gasteiger partial charge in [0.2, 0.25) is 0 Å². The van der Waals surface area contributed by atoms with E-state index in [1.165, 1.54) is 11.1 Å². The van der Waals surface area contributed by atoms with E-state index in [2.05, 4.69) is 48.5 Å². The summed E-state index contributed by atoms with van der Waals surface area (Å²) in [4.78, 5) is 27.5. The van der Waals surface area contributed by atoms with Crippen LogP contribution in [0.3, 0.4) is 0 Å². The number of carbonyl (C=O) groups excluding carboxylic acids is 2. The molecule has 186 valence electrons. The number of ether oxygens (including phenoxy) is 1. The van der Waals surface area contributed by atoms with Crippen molar-refractivity contribution < 1.29 is 18.7 Å². The molecule has 1 heterocycles. The maximum absolute atomic E-state index is 13.5. The van der Waals surface area contributed by atoms with E-state index in [-0.39, 0.29) is 18.3 Å². The third-order valence-electron chi connectivity index (χ3n) is 7.54. The average Bonchev–Trinajstić information content (AvgIpc) is 2.92. The molecule has 1 aliphatic carbocycles. The summed E-state index contributed by atoms with van der Waals surface area (Å²) >= 11 is 0. The van der Waals surface area contributed by atoms with Gasteiger partial charge >= 0.3 is 0 Å². The van der Waals surface area contributed by atoms with Crippen molar-refractivity contribution in [3.8, 4) is 5.75 Å². The number of ketones is 1. The molecule has 0 unspecified atom stereocenters. The number of nitrogens with zero attached hydrogens (tertiary/aromatic N) is 1. The van der Waals surface area contributed by atoms with Crippen LogP contribution in [0.15, 0.2) is 72.8 Å². The largest absolute Gasteiger partial charge is 0.491 e. The van der Waals surface area contributed by atoms with Crippen LogP contribution in [0.2, 0.25) is 0 Å². The molecule has 36 heavy (non-hydrogen) atoms. The smallest absolute Gasteiger partial charge is 0.253 e. The highest BCUT2D eigenvalue weighted by atomic mass is 19.1. The predicted molar refractivity (Wildman–Crippen MR) is 138 cm³/mol. The number of hydrogen-bond donors (Lipinski definition) is 0. The number of fused-ring (bicyclic) bond motifs is 1. The lowest BCUT2D eigenvalue weighted by Crippen LogP contribution is -2.40. The van der Waals surface area contributed by atoms with Crippen LogP contribution in [0.5, 0.6) is 5.75 Å². The molecule has 3 aromatic rings. The van der Waals surface area contributed by atoms with Gasteiger partial charge in [0.25, 0.3) is 5.91 Å². The quantitative estimate of drug-likeness (QED) is 0.426. The van der Waals surface area contributed by atoms with Crippen LogP contribution in [-0.2, 0) is 17.6 Å². The van der Waals surface area contributed by atoms with Crippen LogP contribution in [0, 0.1) is 5.92 Å². The summed E-state index contributed by atoms with van der Waals surface area (Å²) in [5.41, 5.74) is 4.92. The maximum Gasteiger partial charge on any atom is 0.253 e. The lowest BCUT2D eigenvalue weighted by Gasteiger charge is -2.37. The van der Waals surface area contributed by atoms with Crippen molar-refractivity contribution in [3.63, 3.8) is 0 Å². The Bertz CT molecular complexity index is 1160. The van der Waals surface area contributed by atoms with Crippen molar-refractivity contribution in [1.29, 1.82) is 0 Å². The number of alkyl halides is 1. The standard InChI is InChI=1S/C31H32FNO3/c32-15-18-36-29-21-26(19-25-20-27(34)11-12-28(25)29)31(35)33-16-13-24(14-17-33)30(22-7-3-1-4-8-22)23-9-5-2-6-10-23/h1-10,19,21,24,30H,11-18,20H2. The molecule has 4 nitrogen and oxygen atoms in total. The number of Topliss-reactive ketones (excluding diaryl/α,β-unsaturated/α-hetero) is 1. The van der Waals surface area contributed by atoms with Crippen molar-refractivity contribution in [2.45, 2.75) is 38.0 Å². The first-order valence-electron chi connectivity index (χ1n) is 12.9. The minimum Gasteiger partial charge on any atom is -0.491 e. The summed E-state index contributed by atoms with van der Waals surface area (Å²) < 4.78 is 18.5. The molecular weight excluding hydrogens is 453 g/mol. The molecule has 1 aliphatic heterocycles. The van der Waals surface area contributed by atoms with Gasteiger partial charge in [-0.3, -0.25) is 9.59 Å². The molecule has 3 aromatic carbocycles. The molecule has 0 bridgehead atoms. The van der Waals surface area contributed by atoms with Gasteiger partial charge < -0.3 is 9.64 Å². The lowest BCUT2D eigenvalue weighted by atomic mass is 9.76. The molecule has 0 radical (unpaired) electrons. The van der Waals surface area contributed by atoms with Gasteiger partial charge in [0.1, 0.15) is 24.8 Å². The second-order valence-electron chi connectivity index (χ2n) is 9.79. The van der Waals surface area contributed by atoms with Crippen molar-refractivity contribution in [2.75, 3.05) is 26.4 Å². The first kappa shape index (κ1) is 24.2. The molecule has 0 spiro atoms. The molecule has 0 saturated carbocycles. The van der Waals surface area contributed by atoms with Crippen LogP contribution in [-0.4, -0.2) is 43.0 Å². The predicted octanol–water partition coefficient (Wildman–Crippen LogP) is 5.78. The number of hydrogen-bond acceptors (Lipinski definition) is 3. The summed E-state index contributed by atoms with van der Waals surface area (Å²) in [6.45, 7) is 0.708. The molecule has 5 heteroatoms. The monoisotopic (exact) mass is 485 g/mol. The molecule has 0 atom stereocenters. The fourth-order valence-corrected chi connectivity index (χ4v) is 5.79. The SMILES string of the molecule is O=C1CCc2c(cc(C(=O)N3CCC(C(c4ccccc4)c4ccccc4)CC3)cc2OCCF)C1. The zero-order chi connectivity index (χ0) is 24.9. The number of carbonyl (C=O) groups is 2. The van der Waals surface area contributed by atoms with E-state index in [9.17, 15) is 14.0 Å². The Morgan fingerprint density at radius 2 is 1.58 bits per heavy atom.